The number of nitrogens with zero attached hydrogens (tertiary/aromatic N) is 1. The van der Waals surface area contributed by atoms with Gasteiger partial charge in [-0.05, 0) is 57.3 Å². The summed E-state index contributed by atoms with van der Waals surface area (Å²) in [6.07, 6.45) is 0. The quantitative estimate of drug-likeness (QED) is 0.451. The van der Waals surface area contributed by atoms with E-state index in [4.69, 9.17) is 14.2 Å². The van der Waals surface area contributed by atoms with Crippen LogP contribution in [0.2, 0.25) is 0 Å². The molecule has 1 aliphatic rings. The van der Waals surface area contributed by atoms with Crippen molar-refractivity contribution in [1.82, 2.24) is 4.90 Å². The lowest BCUT2D eigenvalue weighted by Crippen LogP contribution is -2.38. The lowest BCUT2D eigenvalue weighted by molar-refractivity contribution is -0.117. The van der Waals surface area contributed by atoms with Crippen LogP contribution in [0.5, 0.6) is 17.2 Å². The Labute approximate surface area is 209 Å². The van der Waals surface area contributed by atoms with Gasteiger partial charge < -0.3 is 24.4 Å². The second-order valence-corrected chi connectivity index (χ2v) is 9.07. The van der Waals surface area contributed by atoms with Gasteiger partial charge in [-0.2, -0.15) is 0 Å². The van der Waals surface area contributed by atoms with Gasteiger partial charge in [-0.3, -0.25) is 9.59 Å². The van der Waals surface area contributed by atoms with Crippen LogP contribution in [0.1, 0.15) is 53.2 Å². The van der Waals surface area contributed by atoms with Crippen molar-refractivity contribution in [3.63, 3.8) is 0 Å². The third-order valence-electron chi connectivity index (χ3n) is 5.63. The van der Waals surface area contributed by atoms with Crippen molar-refractivity contribution in [2.75, 3.05) is 31.7 Å². The SMILES string of the molecule is CCOc1cc(C(=O)N2CC(=O)Nc3ccc(C)cc3C2c2cccs2)cc(OCC)c1OCC. The highest BCUT2D eigenvalue weighted by Gasteiger charge is 2.35. The molecule has 35 heavy (non-hydrogen) atoms. The fraction of sp³-hybridized carbons (Fsp3) is 0.333. The van der Waals surface area contributed by atoms with Crippen LogP contribution in [0.15, 0.2) is 47.8 Å². The maximum atomic E-state index is 14.1. The summed E-state index contributed by atoms with van der Waals surface area (Å²) in [7, 11) is 0. The summed E-state index contributed by atoms with van der Waals surface area (Å²) in [5.41, 5.74) is 3.01. The standard InChI is InChI=1S/C27H30N2O5S/c1-5-32-21-14-18(15-22(33-6-2)26(21)34-7-3)27(31)29-16-24(30)28-20-11-10-17(4)13-19(20)25(29)23-9-8-12-35-23/h8-15,25H,5-7,16H2,1-4H3,(H,28,30). The number of carbonyl (C=O) groups excluding carboxylic acids is 2. The molecule has 0 aliphatic carbocycles. The first kappa shape index (κ1) is 24.6. The first-order chi connectivity index (χ1) is 17.0. The van der Waals surface area contributed by atoms with Crippen molar-refractivity contribution in [3.8, 4) is 17.2 Å². The lowest BCUT2D eigenvalue weighted by atomic mass is 9.99. The summed E-state index contributed by atoms with van der Waals surface area (Å²) >= 11 is 1.55. The van der Waals surface area contributed by atoms with Gasteiger partial charge in [-0.1, -0.05) is 23.8 Å². The van der Waals surface area contributed by atoms with E-state index in [0.29, 0.717) is 48.3 Å². The van der Waals surface area contributed by atoms with E-state index in [9.17, 15) is 9.59 Å². The number of hydrogen-bond acceptors (Lipinski definition) is 6. The molecule has 0 fully saturated rings. The molecule has 184 valence electrons. The molecular weight excluding hydrogens is 464 g/mol. The maximum Gasteiger partial charge on any atom is 0.255 e. The molecule has 0 radical (unpaired) electrons. The van der Waals surface area contributed by atoms with Gasteiger partial charge in [0.15, 0.2) is 11.5 Å². The number of aryl methyl sites for hydroxylation is 1. The summed E-state index contributed by atoms with van der Waals surface area (Å²) in [4.78, 5) is 29.6. The summed E-state index contributed by atoms with van der Waals surface area (Å²) < 4.78 is 17.4. The Morgan fingerprint density at radius 3 is 2.31 bits per heavy atom. The van der Waals surface area contributed by atoms with Crippen LogP contribution in [0.4, 0.5) is 5.69 Å². The smallest absolute Gasteiger partial charge is 0.255 e. The van der Waals surface area contributed by atoms with Crippen molar-refractivity contribution in [1.29, 1.82) is 0 Å². The molecule has 1 aromatic heterocycles. The Bertz CT molecular complexity index is 1180. The Hall–Kier alpha value is -3.52. The molecule has 0 spiro atoms. The minimum Gasteiger partial charge on any atom is -0.490 e. The van der Waals surface area contributed by atoms with Crippen LogP contribution in [-0.4, -0.2) is 43.1 Å². The second-order valence-electron chi connectivity index (χ2n) is 8.09. The maximum absolute atomic E-state index is 14.1. The molecule has 3 aromatic rings. The molecule has 7 nitrogen and oxygen atoms in total. The Morgan fingerprint density at radius 1 is 1.03 bits per heavy atom. The number of hydrogen-bond donors (Lipinski definition) is 1. The average molecular weight is 495 g/mol. The Morgan fingerprint density at radius 2 is 1.71 bits per heavy atom. The molecule has 1 unspecified atom stereocenters. The molecular formula is C27H30N2O5S. The topological polar surface area (TPSA) is 77.1 Å². The van der Waals surface area contributed by atoms with E-state index >= 15 is 0 Å². The monoisotopic (exact) mass is 494 g/mol. The van der Waals surface area contributed by atoms with E-state index in [1.165, 1.54) is 0 Å². The van der Waals surface area contributed by atoms with Gasteiger partial charge in [0.1, 0.15) is 6.54 Å². The highest BCUT2D eigenvalue weighted by molar-refractivity contribution is 7.10. The van der Waals surface area contributed by atoms with E-state index in [1.54, 1.807) is 28.4 Å². The first-order valence-electron chi connectivity index (χ1n) is 11.8. The Kier molecular flexibility index (Phi) is 7.60. The van der Waals surface area contributed by atoms with Crippen LogP contribution in [-0.2, 0) is 4.79 Å². The fourth-order valence-corrected chi connectivity index (χ4v) is 5.10. The van der Waals surface area contributed by atoms with Gasteiger partial charge in [0.25, 0.3) is 5.91 Å². The van der Waals surface area contributed by atoms with Gasteiger partial charge in [-0.25, -0.2) is 0 Å². The van der Waals surface area contributed by atoms with Crippen LogP contribution < -0.4 is 19.5 Å². The summed E-state index contributed by atoms with van der Waals surface area (Å²) in [5, 5.41) is 4.95. The number of amides is 2. The predicted molar refractivity (Wildman–Crippen MR) is 137 cm³/mol. The number of fused-ring (bicyclic) bond motifs is 1. The van der Waals surface area contributed by atoms with Crippen LogP contribution in [0.3, 0.4) is 0 Å². The van der Waals surface area contributed by atoms with E-state index in [0.717, 1.165) is 16.0 Å². The molecule has 1 aliphatic heterocycles. The fourth-order valence-electron chi connectivity index (χ4n) is 4.25. The molecule has 1 N–H and O–H groups in total. The summed E-state index contributed by atoms with van der Waals surface area (Å²) in [6, 6.07) is 12.7. The van der Waals surface area contributed by atoms with Gasteiger partial charge in [0, 0.05) is 21.7 Å². The molecule has 2 heterocycles. The molecule has 1 atom stereocenters. The van der Waals surface area contributed by atoms with Crippen molar-refractivity contribution < 1.29 is 23.8 Å². The van der Waals surface area contributed by atoms with E-state index < -0.39 is 6.04 Å². The van der Waals surface area contributed by atoms with E-state index in [-0.39, 0.29) is 18.4 Å². The molecule has 4 rings (SSSR count). The van der Waals surface area contributed by atoms with Gasteiger partial charge in [0.2, 0.25) is 11.7 Å². The molecule has 8 heteroatoms. The highest BCUT2D eigenvalue weighted by Crippen LogP contribution is 2.42. The normalized spacial score (nSPS) is 15.1. The van der Waals surface area contributed by atoms with E-state index in [2.05, 4.69) is 5.32 Å². The van der Waals surface area contributed by atoms with Crippen molar-refractivity contribution in [2.45, 2.75) is 33.7 Å². The first-order valence-corrected chi connectivity index (χ1v) is 12.7. The largest absolute Gasteiger partial charge is 0.490 e. The molecule has 0 saturated carbocycles. The number of nitrogens with one attached hydrogen (secondary N) is 1. The third kappa shape index (κ3) is 5.12. The van der Waals surface area contributed by atoms with Gasteiger partial charge in [0.05, 0.1) is 25.9 Å². The second kappa shape index (κ2) is 10.8. The van der Waals surface area contributed by atoms with E-state index in [1.807, 2.05) is 63.4 Å². The number of benzene rings is 2. The van der Waals surface area contributed by atoms with Gasteiger partial charge >= 0.3 is 0 Å². The van der Waals surface area contributed by atoms with Crippen molar-refractivity contribution in [2.24, 2.45) is 0 Å². The number of ether oxygens (including phenoxy) is 3. The molecule has 0 saturated heterocycles. The number of thiophene rings is 1. The van der Waals surface area contributed by atoms with Crippen molar-refractivity contribution >= 4 is 28.8 Å². The molecule has 2 amide bonds. The van der Waals surface area contributed by atoms with Gasteiger partial charge in [-0.15, -0.1) is 11.3 Å². The minimum atomic E-state index is -0.422. The zero-order chi connectivity index (χ0) is 24.9. The predicted octanol–water partition coefficient (Wildman–Crippen LogP) is 5.44. The van der Waals surface area contributed by atoms with Crippen LogP contribution in [0.25, 0.3) is 0 Å². The van der Waals surface area contributed by atoms with Crippen LogP contribution >= 0.6 is 11.3 Å². The zero-order valence-corrected chi connectivity index (χ0v) is 21.2. The third-order valence-corrected chi connectivity index (χ3v) is 6.56. The summed E-state index contributed by atoms with van der Waals surface area (Å²) in [6.45, 7) is 8.77. The Balaban J connectivity index is 1.85. The number of anilines is 1. The number of rotatable bonds is 8. The highest BCUT2D eigenvalue weighted by atomic mass is 32.1. The molecule has 2 aromatic carbocycles. The lowest BCUT2D eigenvalue weighted by Gasteiger charge is -2.30. The average Bonchev–Trinajstić information content (AvgIpc) is 3.31. The number of carbonyl (C=O) groups is 2. The van der Waals surface area contributed by atoms with Crippen LogP contribution in [0, 0.1) is 6.92 Å². The summed E-state index contributed by atoms with van der Waals surface area (Å²) in [5.74, 6) is 0.803. The molecule has 0 bridgehead atoms. The zero-order valence-electron chi connectivity index (χ0n) is 20.4. The van der Waals surface area contributed by atoms with Crippen molar-refractivity contribution in [3.05, 3.63) is 69.4 Å². The minimum absolute atomic E-state index is 0.0870.